The Hall–Kier alpha value is -4.08. The van der Waals surface area contributed by atoms with Crippen molar-refractivity contribution >= 4 is 17.8 Å². The molecule has 0 unspecified atom stereocenters. The zero-order chi connectivity index (χ0) is 27.7. The van der Waals surface area contributed by atoms with E-state index in [4.69, 9.17) is 4.74 Å². The van der Waals surface area contributed by atoms with Gasteiger partial charge in [-0.25, -0.2) is 23.5 Å². The largest absolute Gasteiger partial charge is 0.487 e. The lowest BCUT2D eigenvalue weighted by atomic mass is 9.82. The van der Waals surface area contributed by atoms with Crippen LogP contribution in [-0.2, 0) is 11.4 Å². The van der Waals surface area contributed by atoms with Crippen molar-refractivity contribution in [2.75, 3.05) is 24.5 Å². The number of likely N-dealkylation sites (tertiary alicyclic amines) is 1. The van der Waals surface area contributed by atoms with Gasteiger partial charge in [0.2, 0.25) is 11.9 Å². The molecule has 0 radical (unpaired) electrons. The van der Waals surface area contributed by atoms with Crippen molar-refractivity contribution in [1.29, 1.82) is 0 Å². The summed E-state index contributed by atoms with van der Waals surface area (Å²) in [6.45, 7) is 5.36. The predicted molar refractivity (Wildman–Crippen MR) is 140 cm³/mol. The monoisotopic (exact) mass is 536 g/mol. The third-order valence-corrected chi connectivity index (χ3v) is 7.56. The van der Waals surface area contributed by atoms with Crippen LogP contribution < -0.4 is 9.64 Å². The maximum atomic E-state index is 13.7. The van der Waals surface area contributed by atoms with Gasteiger partial charge < -0.3 is 19.6 Å². The summed E-state index contributed by atoms with van der Waals surface area (Å²) in [7, 11) is 0. The van der Waals surface area contributed by atoms with Crippen LogP contribution >= 0.6 is 0 Å². The molecule has 1 amide bonds. The summed E-state index contributed by atoms with van der Waals surface area (Å²) in [6, 6.07) is 11.9. The van der Waals surface area contributed by atoms with E-state index in [0.29, 0.717) is 37.8 Å². The van der Waals surface area contributed by atoms with Crippen molar-refractivity contribution in [3.8, 4) is 5.75 Å². The van der Waals surface area contributed by atoms with Crippen LogP contribution in [0.15, 0.2) is 54.7 Å². The first-order chi connectivity index (χ1) is 18.7. The van der Waals surface area contributed by atoms with Crippen LogP contribution in [0.25, 0.3) is 0 Å². The van der Waals surface area contributed by atoms with E-state index in [9.17, 15) is 23.5 Å². The van der Waals surface area contributed by atoms with Crippen molar-refractivity contribution in [1.82, 2.24) is 14.9 Å². The number of halogens is 2. The Labute approximate surface area is 225 Å². The summed E-state index contributed by atoms with van der Waals surface area (Å²) in [4.78, 5) is 37.8. The molecule has 0 bridgehead atoms. The lowest BCUT2D eigenvalue weighted by Crippen LogP contribution is -2.49. The molecule has 2 fully saturated rings. The van der Waals surface area contributed by atoms with Crippen molar-refractivity contribution in [3.05, 3.63) is 83.2 Å². The number of nitrogens with zero attached hydrogens (tertiary/aromatic N) is 4. The number of hydrogen-bond acceptors (Lipinski definition) is 6. The molecule has 2 aromatic carbocycles. The summed E-state index contributed by atoms with van der Waals surface area (Å²) in [6.07, 6.45) is 1.98. The van der Waals surface area contributed by atoms with Gasteiger partial charge >= 0.3 is 5.97 Å². The molecule has 3 aromatic rings. The molecule has 0 spiro atoms. The topological polar surface area (TPSA) is 95.9 Å². The highest BCUT2D eigenvalue weighted by molar-refractivity contribution is 5.88. The number of piperidine rings is 1. The molecule has 2 aliphatic heterocycles. The van der Waals surface area contributed by atoms with E-state index < -0.39 is 11.8 Å². The third-order valence-electron chi connectivity index (χ3n) is 7.56. The molecular formula is C29H30F2N4O4. The number of fused-ring (bicyclic) bond motifs is 1. The van der Waals surface area contributed by atoms with Gasteiger partial charge in [0.05, 0.1) is 5.69 Å². The molecule has 39 heavy (non-hydrogen) atoms. The average molecular weight is 537 g/mol. The van der Waals surface area contributed by atoms with Gasteiger partial charge in [-0.2, -0.15) is 0 Å². The zero-order valence-electron chi connectivity index (χ0n) is 21.8. The third kappa shape index (κ3) is 5.55. The van der Waals surface area contributed by atoms with Crippen molar-refractivity contribution in [2.24, 2.45) is 11.8 Å². The molecule has 204 valence electrons. The Bertz CT molecular complexity index is 1350. The van der Waals surface area contributed by atoms with Crippen LogP contribution in [0, 0.1) is 23.5 Å². The molecular weight excluding hydrogens is 506 g/mol. The van der Waals surface area contributed by atoms with E-state index in [1.165, 1.54) is 42.6 Å². The Morgan fingerprint density at radius 3 is 2.36 bits per heavy atom. The first-order valence-electron chi connectivity index (χ1n) is 13.0. The Kier molecular flexibility index (Phi) is 7.45. The average Bonchev–Trinajstić information content (AvgIpc) is 3.31. The van der Waals surface area contributed by atoms with E-state index in [0.717, 1.165) is 5.56 Å². The maximum Gasteiger partial charge on any atom is 0.339 e. The summed E-state index contributed by atoms with van der Waals surface area (Å²) >= 11 is 0. The van der Waals surface area contributed by atoms with Crippen LogP contribution in [0.2, 0.25) is 0 Å². The van der Waals surface area contributed by atoms with Crippen LogP contribution in [0.5, 0.6) is 5.75 Å². The molecule has 10 heteroatoms. The number of rotatable bonds is 7. The summed E-state index contributed by atoms with van der Waals surface area (Å²) in [5, 5.41) is 9.67. The van der Waals surface area contributed by atoms with Gasteiger partial charge in [-0.1, -0.05) is 26.0 Å². The highest BCUT2D eigenvalue weighted by Gasteiger charge is 2.47. The number of carbonyl (C=O) groups excluding carboxylic acids is 1. The number of carboxylic acid groups (broad SMARTS) is 1. The van der Waals surface area contributed by atoms with Gasteiger partial charge in [0.1, 0.15) is 29.6 Å². The van der Waals surface area contributed by atoms with Gasteiger partial charge in [0.15, 0.2) is 0 Å². The molecule has 2 saturated heterocycles. The van der Waals surface area contributed by atoms with Crippen molar-refractivity contribution < 1.29 is 28.2 Å². The van der Waals surface area contributed by atoms with Gasteiger partial charge in [-0.15, -0.1) is 0 Å². The lowest BCUT2D eigenvalue weighted by Gasteiger charge is -2.39. The number of carboxylic acids is 1. The molecule has 1 N–H and O–H groups in total. The smallest absolute Gasteiger partial charge is 0.339 e. The second kappa shape index (κ2) is 11.0. The fourth-order valence-electron chi connectivity index (χ4n) is 5.59. The molecule has 2 aliphatic rings. The van der Waals surface area contributed by atoms with E-state index in [1.54, 1.807) is 12.1 Å². The van der Waals surface area contributed by atoms with Gasteiger partial charge in [-0.05, 0) is 48.4 Å². The number of hydrogen-bond donors (Lipinski definition) is 1. The fourth-order valence-corrected chi connectivity index (χ4v) is 5.59. The molecule has 8 nitrogen and oxygen atoms in total. The van der Waals surface area contributed by atoms with E-state index >= 15 is 0 Å². The minimum Gasteiger partial charge on any atom is -0.487 e. The molecule has 3 heterocycles. The van der Waals surface area contributed by atoms with Crippen LogP contribution in [-0.4, -0.2) is 57.5 Å². The number of aromatic nitrogens is 2. The molecule has 1 aromatic heterocycles. The second-order valence-electron chi connectivity index (χ2n) is 10.3. The molecule has 3 atom stereocenters. The van der Waals surface area contributed by atoms with E-state index in [-0.39, 0.29) is 53.4 Å². The van der Waals surface area contributed by atoms with Crippen LogP contribution in [0.4, 0.5) is 14.7 Å². The minimum atomic E-state index is -1.17. The van der Waals surface area contributed by atoms with E-state index in [2.05, 4.69) is 9.97 Å². The zero-order valence-corrected chi connectivity index (χ0v) is 21.8. The second-order valence-corrected chi connectivity index (χ2v) is 10.3. The quantitative estimate of drug-likeness (QED) is 0.475. The molecule has 5 rings (SSSR count). The number of anilines is 1. The summed E-state index contributed by atoms with van der Waals surface area (Å²) < 4.78 is 32.6. The van der Waals surface area contributed by atoms with Gasteiger partial charge in [0.25, 0.3) is 0 Å². The first-order valence-corrected chi connectivity index (χ1v) is 13.0. The molecule has 0 aliphatic carbocycles. The van der Waals surface area contributed by atoms with Crippen LogP contribution in [0.1, 0.15) is 47.8 Å². The number of benzene rings is 2. The molecule has 0 saturated carbocycles. The summed E-state index contributed by atoms with van der Waals surface area (Å²) in [5.41, 5.74) is 1.11. The van der Waals surface area contributed by atoms with Gasteiger partial charge in [0, 0.05) is 49.6 Å². The lowest BCUT2D eigenvalue weighted by molar-refractivity contribution is -0.135. The van der Waals surface area contributed by atoms with Gasteiger partial charge in [-0.3, -0.25) is 4.79 Å². The maximum absolute atomic E-state index is 13.7. The number of carbonyl (C=O) groups is 2. The van der Waals surface area contributed by atoms with Crippen molar-refractivity contribution in [3.63, 3.8) is 0 Å². The fraction of sp³-hybridized carbons (Fsp3) is 0.379. The number of ether oxygens (including phenoxy) is 1. The SMILES string of the molecule is CC(C)C(=O)N1C[C@H](c2ccc(F)cc2)[C@H]2CN(c3ncc(C(=O)O)c(COc4ccc(F)cc4)n3)CC[C@H]21. The highest BCUT2D eigenvalue weighted by Crippen LogP contribution is 2.42. The van der Waals surface area contributed by atoms with Crippen molar-refractivity contribution in [2.45, 2.75) is 38.8 Å². The number of amides is 1. The Morgan fingerprint density at radius 2 is 1.72 bits per heavy atom. The predicted octanol–water partition coefficient (Wildman–Crippen LogP) is 4.51. The summed E-state index contributed by atoms with van der Waals surface area (Å²) in [5.74, 6) is -1.07. The first kappa shape index (κ1) is 26.5. The Morgan fingerprint density at radius 1 is 1.05 bits per heavy atom. The highest BCUT2D eigenvalue weighted by atomic mass is 19.1. The van der Waals surface area contributed by atoms with Crippen LogP contribution in [0.3, 0.4) is 0 Å². The minimum absolute atomic E-state index is 0.0145. The standard InChI is InChI=1S/C29H30F2N4O4/c1-17(2)27(36)35-15-23(18-3-5-19(30)6-4-18)24-14-34(12-11-26(24)35)29-32-13-22(28(37)38)25(33-29)16-39-21-9-7-20(31)8-10-21/h3-10,13,17,23-24,26H,11-12,14-16H2,1-2H3,(H,37,38)/t23-,24-,26-/m1/s1. The number of aromatic carboxylic acids is 1. The Balaban J connectivity index is 1.40. The van der Waals surface area contributed by atoms with E-state index in [1.807, 2.05) is 23.6 Å². The normalized spacial score (nSPS) is 20.7.